The van der Waals surface area contributed by atoms with Crippen molar-refractivity contribution in [2.24, 2.45) is 5.92 Å². The first-order chi connectivity index (χ1) is 9.97. The largest absolute Gasteiger partial charge is 0.369 e. The van der Waals surface area contributed by atoms with Crippen molar-refractivity contribution in [3.63, 3.8) is 0 Å². The third-order valence-corrected chi connectivity index (χ3v) is 4.47. The molecule has 21 heavy (non-hydrogen) atoms. The molecular weight excluding hydrogens is 266 g/mol. The number of amides is 1. The second kappa shape index (κ2) is 5.44. The number of aromatic amines is 1. The normalized spacial score (nSPS) is 25.0. The molecule has 1 amide bonds. The van der Waals surface area contributed by atoms with E-state index in [-0.39, 0.29) is 24.2 Å². The fraction of sp³-hybridized carbons (Fsp3) is 0.750. The number of carbonyl (C=O) groups excluding carboxylic acids is 1. The summed E-state index contributed by atoms with van der Waals surface area (Å²) in [7, 11) is 0. The lowest BCUT2D eigenvalue weighted by atomic mass is 9.99. The third kappa shape index (κ3) is 2.84. The molecule has 1 N–H and O–H groups in total. The minimum atomic E-state index is -0.0197. The average molecular weight is 291 g/mol. The van der Waals surface area contributed by atoms with Gasteiger partial charge in [-0.2, -0.15) is 5.10 Å². The molecule has 1 aliphatic carbocycles. The molecule has 2 atom stereocenters. The zero-order valence-electron chi connectivity index (χ0n) is 13.3. The fourth-order valence-corrected chi connectivity index (χ4v) is 3.09. The second-order valence-corrected chi connectivity index (χ2v) is 6.75. The van der Waals surface area contributed by atoms with Gasteiger partial charge in [-0.15, -0.1) is 0 Å². The molecule has 0 spiro atoms. The molecule has 116 valence electrons. The van der Waals surface area contributed by atoms with Gasteiger partial charge in [0.15, 0.2) is 5.69 Å². The molecule has 0 bridgehead atoms. The van der Waals surface area contributed by atoms with Crippen molar-refractivity contribution in [1.82, 2.24) is 15.1 Å². The van der Waals surface area contributed by atoms with Crippen LogP contribution in [-0.2, 0) is 11.2 Å². The Balaban J connectivity index is 1.87. The van der Waals surface area contributed by atoms with E-state index in [0.717, 1.165) is 24.2 Å². The maximum Gasteiger partial charge on any atom is 0.274 e. The van der Waals surface area contributed by atoms with Gasteiger partial charge in [-0.3, -0.25) is 9.89 Å². The lowest BCUT2D eigenvalue weighted by molar-refractivity contribution is -0.00703. The van der Waals surface area contributed by atoms with Crippen molar-refractivity contribution in [1.29, 1.82) is 0 Å². The van der Waals surface area contributed by atoms with E-state index in [1.165, 1.54) is 12.8 Å². The molecule has 5 nitrogen and oxygen atoms in total. The molecule has 0 radical (unpaired) electrons. The van der Waals surface area contributed by atoms with Gasteiger partial charge in [-0.25, -0.2) is 0 Å². The summed E-state index contributed by atoms with van der Waals surface area (Å²) >= 11 is 0. The second-order valence-electron chi connectivity index (χ2n) is 6.75. The third-order valence-electron chi connectivity index (χ3n) is 4.47. The van der Waals surface area contributed by atoms with Gasteiger partial charge in [0.1, 0.15) is 0 Å². The number of rotatable bonds is 4. The molecule has 1 saturated carbocycles. The van der Waals surface area contributed by atoms with Crippen LogP contribution in [0.25, 0.3) is 0 Å². The summed E-state index contributed by atoms with van der Waals surface area (Å²) in [6, 6.07) is 0.208. The van der Waals surface area contributed by atoms with E-state index in [1.54, 1.807) is 0 Å². The maximum atomic E-state index is 12.9. The number of nitrogens with zero attached hydrogens (tertiary/aromatic N) is 2. The Morgan fingerprint density at radius 2 is 2.14 bits per heavy atom. The lowest BCUT2D eigenvalue weighted by Crippen LogP contribution is -2.39. The Kier molecular flexibility index (Phi) is 3.78. The van der Waals surface area contributed by atoms with E-state index in [9.17, 15) is 4.79 Å². The topological polar surface area (TPSA) is 58.2 Å². The molecule has 0 aromatic carbocycles. The molecule has 1 fully saturated rings. The number of hydrogen-bond acceptors (Lipinski definition) is 3. The van der Waals surface area contributed by atoms with Crippen LogP contribution in [0.15, 0.2) is 0 Å². The van der Waals surface area contributed by atoms with Crippen LogP contribution in [0.1, 0.15) is 68.4 Å². The van der Waals surface area contributed by atoms with Crippen LogP contribution < -0.4 is 0 Å². The van der Waals surface area contributed by atoms with Gasteiger partial charge in [-0.1, -0.05) is 0 Å². The molecule has 1 aromatic rings. The Morgan fingerprint density at radius 3 is 2.76 bits per heavy atom. The summed E-state index contributed by atoms with van der Waals surface area (Å²) in [5, 5.41) is 7.34. The summed E-state index contributed by atoms with van der Waals surface area (Å²) in [5.74, 6) is 0.753. The van der Waals surface area contributed by atoms with Gasteiger partial charge in [0.2, 0.25) is 0 Å². The van der Waals surface area contributed by atoms with Gasteiger partial charge >= 0.3 is 0 Å². The smallest absolute Gasteiger partial charge is 0.274 e. The molecule has 3 rings (SSSR count). The molecule has 1 aliphatic heterocycles. The van der Waals surface area contributed by atoms with Crippen LogP contribution in [-0.4, -0.2) is 39.7 Å². The number of H-pyrrole nitrogens is 1. The highest BCUT2D eigenvalue weighted by Gasteiger charge is 2.34. The molecule has 5 heteroatoms. The molecule has 2 heterocycles. The van der Waals surface area contributed by atoms with Crippen LogP contribution >= 0.6 is 0 Å². The van der Waals surface area contributed by atoms with Crippen molar-refractivity contribution in [3.8, 4) is 0 Å². The summed E-state index contributed by atoms with van der Waals surface area (Å²) in [4.78, 5) is 14.9. The summed E-state index contributed by atoms with van der Waals surface area (Å²) in [5.41, 5.74) is 2.61. The Hall–Kier alpha value is -1.36. The van der Waals surface area contributed by atoms with E-state index in [1.807, 2.05) is 18.7 Å². The maximum absolute atomic E-state index is 12.9. The Morgan fingerprint density at radius 1 is 1.43 bits per heavy atom. The SMILES string of the molecule is CC(C)N(CC1CC1)C(=O)c1n[nH]c2c1C[C@H](C)O[C@@H]2C. The summed E-state index contributed by atoms with van der Waals surface area (Å²) in [6.07, 6.45) is 3.36. The predicted molar refractivity (Wildman–Crippen MR) is 80.2 cm³/mol. The zero-order chi connectivity index (χ0) is 15.1. The Bertz CT molecular complexity index is 534. The van der Waals surface area contributed by atoms with E-state index >= 15 is 0 Å². The number of hydrogen-bond donors (Lipinski definition) is 1. The molecular formula is C16H25N3O2. The minimum absolute atomic E-state index is 0.0197. The standard InChI is InChI=1S/C16H25N3O2/c1-9(2)19(8-12-5-6-12)16(20)15-13-7-10(3)21-11(4)14(13)17-18-15/h9-12H,5-8H2,1-4H3,(H,17,18)/t10-,11+/m0/s1. The van der Waals surface area contributed by atoms with Gasteiger partial charge in [0, 0.05) is 24.6 Å². The van der Waals surface area contributed by atoms with Crippen molar-refractivity contribution in [2.75, 3.05) is 6.54 Å². The zero-order valence-corrected chi connectivity index (χ0v) is 13.3. The lowest BCUT2D eigenvalue weighted by Gasteiger charge is -2.28. The molecule has 0 unspecified atom stereocenters. The van der Waals surface area contributed by atoms with Crippen LogP contribution in [0.5, 0.6) is 0 Å². The van der Waals surface area contributed by atoms with Crippen LogP contribution in [0.2, 0.25) is 0 Å². The van der Waals surface area contributed by atoms with Gasteiger partial charge < -0.3 is 9.64 Å². The number of fused-ring (bicyclic) bond motifs is 1. The van der Waals surface area contributed by atoms with E-state index < -0.39 is 0 Å². The summed E-state index contributed by atoms with van der Waals surface area (Å²) in [6.45, 7) is 9.07. The predicted octanol–water partition coefficient (Wildman–Crippen LogP) is 2.69. The van der Waals surface area contributed by atoms with Gasteiger partial charge in [0.05, 0.1) is 17.9 Å². The van der Waals surface area contributed by atoms with E-state index in [0.29, 0.717) is 11.6 Å². The first-order valence-corrected chi connectivity index (χ1v) is 8.01. The highest BCUT2D eigenvalue weighted by atomic mass is 16.5. The number of nitrogens with one attached hydrogen (secondary N) is 1. The van der Waals surface area contributed by atoms with Crippen LogP contribution in [0, 0.1) is 5.92 Å². The van der Waals surface area contributed by atoms with E-state index in [4.69, 9.17) is 4.74 Å². The first-order valence-electron chi connectivity index (χ1n) is 8.01. The van der Waals surface area contributed by atoms with Crippen LogP contribution in [0.4, 0.5) is 0 Å². The van der Waals surface area contributed by atoms with Crippen molar-refractivity contribution in [3.05, 3.63) is 17.0 Å². The highest BCUT2D eigenvalue weighted by Crippen LogP contribution is 2.33. The summed E-state index contributed by atoms with van der Waals surface area (Å²) < 4.78 is 5.79. The number of carbonyl (C=O) groups is 1. The monoisotopic (exact) mass is 291 g/mol. The molecule has 2 aliphatic rings. The molecule has 1 aromatic heterocycles. The van der Waals surface area contributed by atoms with Crippen molar-refractivity contribution < 1.29 is 9.53 Å². The first kappa shape index (κ1) is 14.6. The fourth-order valence-electron chi connectivity index (χ4n) is 3.09. The average Bonchev–Trinajstić information content (AvgIpc) is 3.13. The minimum Gasteiger partial charge on any atom is -0.369 e. The quantitative estimate of drug-likeness (QED) is 0.928. The highest BCUT2D eigenvalue weighted by molar-refractivity contribution is 5.94. The van der Waals surface area contributed by atoms with Crippen molar-refractivity contribution >= 4 is 5.91 Å². The number of aromatic nitrogens is 2. The molecule has 0 saturated heterocycles. The number of ether oxygens (including phenoxy) is 1. The van der Waals surface area contributed by atoms with Gasteiger partial charge in [0.25, 0.3) is 5.91 Å². The van der Waals surface area contributed by atoms with Gasteiger partial charge in [-0.05, 0) is 46.5 Å². The van der Waals surface area contributed by atoms with Crippen LogP contribution in [0.3, 0.4) is 0 Å². The van der Waals surface area contributed by atoms with E-state index in [2.05, 4.69) is 24.0 Å². The van der Waals surface area contributed by atoms with Crippen molar-refractivity contribution in [2.45, 2.75) is 65.2 Å². The Labute approximate surface area is 126 Å².